The molecule has 0 spiro atoms. The molecule has 0 atom stereocenters. The minimum absolute atomic E-state index is 0.000191. The van der Waals surface area contributed by atoms with Gasteiger partial charge >= 0.3 is 0 Å². The van der Waals surface area contributed by atoms with Gasteiger partial charge in [0.05, 0.1) is 17.6 Å². The summed E-state index contributed by atoms with van der Waals surface area (Å²) in [6, 6.07) is 11.2. The van der Waals surface area contributed by atoms with Gasteiger partial charge in [0.15, 0.2) is 11.5 Å². The van der Waals surface area contributed by atoms with Crippen LogP contribution in [0.2, 0.25) is 0 Å². The Morgan fingerprint density at radius 1 is 1.16 bits per heavy atom. The van der Waals surface area contributed by atoms with Crippen LogP contribution in [0.5, 0.6) is 11.5 Å². The highest BCUT2D eigenvalue weighted by atomic mass is 16.6. The summed E-state index contributed by atoms with van der Waals surface area (Å²) in [5.74, 6) is 1.02. The molecule has 0 unspecified atom stereocenters. The number of nitro benzene ring substituents is 1. The van der Waals surface area contributed by atoms with Crippen LogP contribution in [-0.2, 0) is 11.2 Å². The van der Waals surface area contributed by atoms with E-state index in [2.05, 4.69) is 10.5 Å². The van der Waals surface area contributed by atoms with E-state index in [1.807, 2.05) is 0 Å². The van der Waals surface area contributed by atoms with E-state index in [1.54, 1.807) is 30.3 Å². The standard InChI is InChI=1S/C17H15N3O5/c21-17(10-13-3-6-15-16(9-13)25-8-7-24-15)19-18-11-12-1-4-14(5-2-12)20(22)23/h1-6,9,11H,7-8,10H2,(H,19,21)/b18-11+. The van der Waals surface area contributed by atoms with Gasteiger partial charge in [-0.15, -0.1) is 0 Å². The van der Waals surface area contributed by atoms with Gasteiger partial charge in [-0.1, -0.05) is 6.07 Å². The van der Waals surface area contributed by atoms with Gasteiger partial charge in [0.1, 0.15) is 13.2 Å². The number of carbonyl (C=O) groups excluding carboxylic acids is 1. The van der Waals surface area contributed by atoms with Crippen molar-refractivity contribution < 1.29 is 19.2 Å². The number of hydrogen-bond acceptors (Lipinski definition) is 6. The minimum Gasteiger partial charge on any atom is -0.486 e. The normalized spacial score (nSPS) is 12.8. The van der Waals surface area contributed by atoms with Crippen molar-refractivity contribution in [3.63, 3.8) is 0 Å². The molecule has 0 saturated heterocycles. The molecule has 3 rings (SSSR count). The molecule has 0 radical (unpaired) electrons. The zero-order valence-corrected chi connectivity index (χ0v) is 13.2. The summed E-state index contributed by atoms with van der Waals surface area (Å²) in [7, 11) is 0. The summed E-state index contributed by atoms with van der Waals surface area (Å²) in [4.78, 5) is 22.0. The number of rotatable bonds is 5. The fourth-order valence-corrected chi connectivity index (χ4v) is 2.28. The first-order chi connectivity index (χ1) is 12.1. The third kappa shape index (κ3) is 4.31. The first-order valence-electron chi connectivity index (χ1n) is 7.57. The van der Waals surface area contributed by atoms with Crippen LogP contribution in [0, 0.1) is 10.1 Å². The molecule has 1 aliphatic rings. The summed E-state index contributed by atoms with van der Waals surface area (Å²) in [5, 5.41) is 14.4. The number of benzene rings is 2. The molecule has 0 saturated carbocycles. The molecular formula is C17H15N3O5. The van der Waals surface area contributed by atoms with E-state index in [0.717, 1.165) is 5.56 Å². The Kier molecular flexibility index (Phi) is 4.89. The van der Waals surface area contributed by atoms with Crippen LogP contribution in [0.1, 0.15) is 11.1 Å². The number of hydrazone groups is 1. The molecule has 8 heteroatoms. The molecule has 8 nitrogen and oxygen atoms in total. The average Bonchev–Trinajstić information content (AvgIpc) is 2.62. The highest BCUT2D eigenvalue weighted by Gasteiger charge is 2.13. The molecule has 1 heterocycles. The highest BCUT2D eigenvalue weighted by Crippen LogP contribution is 2.30. The lowest BCUT2D eigenvalue weighted by atomic mass is 10.1. The van der Waals surface area contributed by atoms with Crippen molar-refractivity contribution >= 4 is 17.8 Å². The van der Waals surface area contributed by atoms with Crippen LogP contribution < -0.4 is 14.9 Å². The number of hydrogen-bond donors (Lipinski definition) is 1. The van der Waals surface area contributed by atoms with Crippen LogP contribution in [0.25, 0.3) is 0 Å². The van der Waals surface area contributed by atoms with Gasteiger partial charge < -0.3 is 9.47 Å². The summed E-state index contributed by atoms with van der Waals surface area (Å²) in [6.45, 7) is 1.01. The van der Waals surface area contributed by atoms with Gasteiger partial charge in [-0.25, -0.2) is 5.43 Å². The second kappa shape index (κ2) is 7.43. The van der Waals surface area contributed by atoms with E-state index in [-0.39, 0.29) is 18.0 Å². The van der Waals surface area contributed by atoms with E-state index >= 15 is 0 Å². The molecule has 1 amide bonds. The van der Waals surface area contributed by atoms with Crippen LogP contribution in [0.4, 0.5) is 5.69 Å². The number of fused-ring (bicyclic) bond motifs is 1. The number of carbonyl (C=O) groups is 1. The Bertz CT molecular complexity index is 818. The SMILES string of the molecule is O=C(Cc1ccc2c(c1)OCCO2)N/N=C/c1ccc([N+](=O)[O-])cc1. The third-order valence-corrected chi connectivity index (χ3v) is 3.48. The van der Waals surface area contributed by atoms with Crippen molar-refractivity contribution in [3.8, 4) is 11.5 Å². The van der Waals surface area contributed by atoms with Crippen LogP contribution >= 0.6 is 0 Å². The Balaban J connectivity index is 1.54. The minimum atomic E-state index is -0.476. The number of nitrogens with zero attached hydrogens (tertiary/aromatic N) is 2. The summed E-state index contributed by atoms with van der Waals surface area (Å²) in [6.07, 6.45) is 1.57. The maximum absolute atomic E-state index is 11.9. The smallest absolute Gasteiger partial charge is 0.269 e. The van der Waals surface area contributed by atoms with Gasteiger partial charge in [-0.3, -0.25) is 14.9 Å². The molecule has 0 bridgehead atoms. The molecule has 0 aliphatic carbocycles. The van der Waals surface area contributed by atoms with Crippen molar-refractivity contribution in [2.24, 2.45) is 5.10 Å². The summed E-state index contributed by atoms with van der Waals surface area (Å²) in [5.41, 5.74) is 3.85. The number of amides is 1. The number of ether oxygens (including phenoxy) is 2. The Morgan fingerprint density at radius 3 is 2.60 bits per heavy atom. The van der Waals surface area contributed by atoms with Crippen molar-refractivity contribution in [1.82, 2.24) is 5.43 Å². The van der Waals surface area contributed by atoms with Gasteiger partial charge in [0.25, 0.3) is 5.69 Å². The second-order valence-corrected chi connectivity index (χ2v) is 5.30. The van der Waals surface area contributed by atoms with E-state index in [1.165, 1.54) is 18.3 Å². The quantitative estimate of drug-likeness (QED) is 0.509. The zero-order valence-electron chi connectivity index (χ0n) is 13.2. The maximum Gasteiger partial charge on any atom is 0.269 e. The maximum atomic E-state index is 11.9. The molecule has 1 aliphatic heterocycles. The lowest BCUT2D eigenvalue weighted by Gasteiger charge is -2.18. The first-order valence-corrected chi connectivity index (χ1v) is 7.57. The van der Waals surface area contributed by atoms with E-state index in [0.29, 0.717) is 30.3 Å². The number of nitro groups is 1. The molecule has 25 heavy (non-hydrogen) atoms. The summed E-state index contributed by atoms with van der Waals surface area (Å²) < 4.78 is 10.9. The molecule has 0 fully saturated rings. The van der Waals surface area contributed by atoms with Crippen LogP contribution in [0.15, 0.2) is 47.6 Å². The predicted molar refractivity (Wildman–Crippen MR) is 90.0 cm³/mol. The van der Waals surface area contributed by atoms with Crippen molar-refractivity contribution in [1.29, 1.82) is 0 Å². The lowest BCUT2D eigenvalue weighted by Crippen LogP contribution is -2.20. The Morgan fingerprint density at radius 2 is 1.88 bits per heavy atom. The molecule has 128 valence electrons. The highest BCUT2D eigenvalue weighted by molar-refractivity contribution is 5.83. The fraction of sp³-hybridized carbons (Fsp3) is 0.176. The van der Waals surface area contributed by atoms with Crippen LogP contribution in [-0.4, -0.2) is 30.3 Å². The third-order valence-electron chi connectivity index (χ3n) is 3.48. The molecule has 2 aromatic carbocycles. The van der Waals surface area contributed by atoms with Gasteiger partial charge in [0.2, 0.25) is 5.91 Å². The Hall–Kier alpha value is -3.42. The number of non-ortho nitro benzene ring substituents is 1. The van der Waals surface area contributed by atoms with Crippen molar-refractivity contribution in [3.05, 3.63) is 63.7 Å². The van der Waals surface area contributed by atoms with Crippen molar-refractivity contribution in [2.45, 2.75) is 6.42 Å². The van der Waals surface area contributed by atoms with E-state index < -0.39 is 4.92 Å². The monoisotopic (exact) mass is 341 g/mol. The lowest BCUT2D eigenvalue weighted by molar-refractivity contribution is -0.384. The predicted octanol–water partition coefficient (Wildman–Crippen LogP) is 2.06. The molecular weight excluding hydrogens is 326 g/mol. The molecule has 2 aromatic rings. The molecule has 0 aromatic heterocycles. The van der Waals surface area contributed by atoms with Crippen LogP contribution in [0.3, 0.4) is 0 Å². The van der Waals surface area contributed by atoms with Crippen molar-refractivity contribution in [2.75, 3.05) is 13.2 Å². The van der Waals surface area contributed by atoms with Gasteiger partial charge in [-0.05, 0) is 35.4 Å². The number of nitrogens with one attached hydrogen (secondary N) is 1. The average molecular weight is 341 g/mol. The second-order valence-electron chi connectivity index (χ2n) is 5.30. The topological polar surface area (TPSA) is 103 Å². The van der Waals surface area contributed by atoms with E-state index in [9.17, 15) is 14.9 Å². The molecule has 1 N–H and O–H groups in total. The summed E-state index contributed by atoms with van der Waals surface area (Å²) >= 11 is 0. The van der Waals surface area contributed by atoms with E-state index in [4.69, 9.17) is 9.47 Å². The first kappa shape index (κ1) is 16.4. The van der Waals surface area contributed by atoms with Gasteiger partial charge in [0, 0.05) is 12.1 Å². The Labute approximate surface area is 143 Å². The largest absolute Gasteiger partial charge is 0.486 e. The van der Waals surface area contributed by atoms with Gasteiger partial charge in [-0.2, -0.15) is 5.10 Å². The zero-order chi connectivity index (χ0) is 17.6. The fourth-order valence-electron chi connectivity index (χ4n) is 2.28.